The zero-order chi connectivity index (χ0) is 30.2. The fourth-order valence-electron chi connectivity index (χ4n) is 5.01. The van der Waals surface area contributed by atoms with Gasteiger partial charge in [0.05, 0.1) is 42.3 Å². The molecule has 1 atom stereocenters. The second-order valence-corrected chi connectivity index (χ2v) is 10.1. The maximum Gasteiger partial charge on any atom is 0.316 e. The van der Waals surface area contributed by atoms with Crippen molar-refractivity contribution in [3.05, 3.63) is 83.9 Å². The number of aliphatic carboxylic acids is 1. The van der Waals surface area contributed by atoms with Crippen LogP contribution in [0.15, 0.2) is 54.7 Å². The van der Waals surface area contributed by atoms with Gasteiger partial charge in [0.25, 0.3) is 5.91 Å². The van der Waals surface area contributed by atoms with Gasteiger partial charge >= 0.3 is 12.0 Å². The first-order valence-corrected chi connectivity index (χ1v) is 13.7. The molecular weight excluding hydrogens is 539 g/mol. The second kappa shape index (κ2) is 13.7. The largest absolute Gasteiger partial charge is 0.481 e. The molecule has 0 aliphatic rings. The third-order valence-electron chi connectivity index (χ3n) is 6.76. The van der Waals surface area contributed by atoms with E-state index >= 15 is 0 Å². The van der Waals surface area contributed by atoms with Crippen molar-refractivity contribution >= 4 is 17.6 Å². The Bertz CT molecular complexity index is 1520. The number of ether oxygens (including phenoxy) is 1. The number of carboxylic acid groups (broad SMARTS) is 1. The number of aliphatic hydroxyl groups is 1. The molecule has 10 heteroatoms. The summed E-state index contributed by atoms with van der Waals surface area (Å²) in [4.78, 5) is 33.8. The van der Waals surface area contributed by atoms with E-state index in [1.165, 1.54) is 19.2 Å². The number of nitrogens with zero attached hydrogens (tertiary/aromatic N) is 3. The highest BCUT2D eigenvalue weighted by Gasteiger charge is 2.31. The number of halogens is 1. The molecule has 0 fully saturated rings. The number of aromatic nitrogens is 3. The molecule has 0 radical (unpaired) electrons. The van der Waals surface area contributed by atoms with Gasteiger partial charge in [0, 0.05) is 30.1 Å². The van der Waals surface area contributed by atoms with Gasteiger partial charge in [0.1, 0.15) is 5.82 Å². The van der Waals surface area contributed by atoms with Gasteiger partial charge in [-0.25, -0.2) is 9.37 Å². The molecule has 2 heterocycles. The molecule has 0 bridgehead atoms. The molecule has 2 aromatic heterocycles. The molecule has 3 N–H and O–H groups in total. The number of methoxy groups -OCH3 is 1. The van der Waals surface area contributed by atoms with Crippen LogP contribution in [0.2, 0.25) is 0 Å². The summed E-state index contributed by atoms with van der Waals surface area (Å²) >= 11 is 0. The molecule has 0 saturated carbocycles. The molecule has 4 rings (SSSR count). The van der Waals surface area contributed by atoms with E-state index in [9.17, 15) is 19.1 Å². The summed E-state index contributed by atoms with van der Waals surface area (Å²) in [5.74, 6) is -1.92. The molecule has 9 nitrogen and oxygen atoms in total. The summed E-state index contributed by atoms with van der Waals surface area (Å²) in [5, 5.41) is 22.0. The van der Waals surface area contributed by atoms with Crippen molar-refractivity contribution in [3.63, 3.8) is 0 Å². The lowest BCUT2D eigenvalue weighted by atomic mass is 9.97. The van der Waals surface area contributed by atoms with Crippen molar-refractivity contribution in [2.24, 2.45) is 0 Å². The Labute approximate surface area is 244 Å². The third-order valence-corrected chi connectivity index (χ3v) is 6.76. The van der Waals surface area contributed by atoms with Gasteiger partial charge in [-0.2, -0.15) is 4.98 Å². The molecule has 42 heavy (non-hydrogen) atoms. The first-order chi connectivity index (χ1) is 20.2. The number of hydrogen-bond donors (Lipinski definition) is 3. The molecular formula is C32H33FN4O5. The standard InChI is InChI=1S/C32H33FN4O5/c1-20(2)29-28(31(41)35-23-9-5-4-6-10-23)27(25-16-17-34-32(36-25)42-3)30(21-12-14-22(33)15-13-21)37(29)18-8-7-11-24(38)19-26(39)40/h5,9-10,12-17,20,24,38H,7-8,11,18-19H2,1-3H3,(H,35,41)(H,39,40). The van der Waals surface area contributed by atoms with Crippen molar-refractivity contribution in [3.8, 4) is 28.5 Å². The SMILES string of the molecule is COc1nccc(-c2c(C(=O)Nc3cc#ccc3)c(C(C)C)n(CCCCC(O)CC(=O)O)c2-c2ccc(F)cc2)n1. The van der Waals surface area contributed by atoms with E-state index < -0.39 is 17.9 Å². The van der Waals surface area contributed by atoms with Gasteiger partial charge in [-0.3, -0.25) is 9.59 Å². The van der Waals surface area contributed by atoms with E-state index in [0.29, 0.717) is 59.6 Å². The van der Waals surface area contributed by atoms with Crippen LogP contribution in [0.25, 0.3) is 22.5 Å². The zero-order valence-electron chi connectivity index (χ0n) is 23.7. The van der Waals surface area contributed by atoms with E-state index in [1.807, 2.05) is 18.4 Å². The maximum absolute atomic E-state index is 14.1. The van der Waals surface area contributed by atoms with Crippen molar-refractivity contribution in [1.29, 1.82) is 0 Å². The molecule has 1 unspecified atom stereocenters. The number of nitrogens with one attached hydrogen (secondary N) is 1. The predicted molar refractivity (Wildman–Crippen MR) is 156 cm³/mol. The van der Waals surface area contributed by atoms with Crippen LogP contribution in [0.4, 0.5) is 10.1 Å². The van der Waals surface area contributed by atoms with Gasteiger partial charge in [0.2, 0.25) is 0 Å². The van der Waals surface area contributed by atoms with E-state index in [4.69, 9.17) is 9.84 Å². The van der Waals surface area contributed by atoms with Crippen LogP contribution < -0.4 is 10.1 Å². The van der Waals surface area contributed by atoms with Crippen molar-refractivity contribution < 1.29 is 28.9 Å². The maximum atomic E-state index is 14.1. The summed E-state index contributed by atoms with van der Waals surface area (Å²) < 4.78 is 21.4. The molecule has 1 amide bonds. The number of carboxylic acids is 1. The van der Waals surface area contributed by atoms with Crippen molar-refractivity contribution in [2.75, 3.05) is 12.4 Å². The van der Waals surface area contributed by atoms with Gasteiger partial charge in [-0.05, 0) is 73.2 Å². The van der Waals surface area contributed by atoms with Gasteiger partial charge in [-0.15, -0.1) is 0 Å². The van der Waals surface area contributed by atoms with Crippen LogP contribution in [0, 0.1) is 17.9 Å². The first-order valence-electron chi connectivity index (χ1n) is 13.7. The van der Waals surface area contributed by atoms with Gasteiger partial charge in [-0.1, -0.05) is 26.0 Å². The minimum atomic E-state index is -1.05. The average Bonchev–Trinajstić information content (AvgIpc) is 3.31. The summed E-state index contributed by atoms with van der Waals surface area (Å²) in [6, 6.07) is 18.5. The highest BCUT2D eigenvalue weighted by Crippen LogP contribution is 2.42. The van der Waals surface area contributed by atoms with Crippen LogP contribution in [-0.4, -0.2) is 49.8 Å². The number of unbranched alkanes of at least 4 members (excludes halogenated alkanes) is 1. The Morgan fingerprint density at radius 1 is 1.12 bits per heavy atom. The molecule has 0 saturated heterocycles. The van der Waals surface area contributed by atoms with Crippen molar-refractivity contribution in [2.45, 2.75) is 58.1 Å². The van der Waals surface area contributed by atoms with Gasteiger partial charge < -0.3 is 24.8 Å². The first kappa shape index (κ1) is 30.2. The molecule has 4 aromatic rings. The molecule has 0 aliphatic heterocycles. The lowest BCUT2D eigenvalue weighted by Crippen LogP contribution is -2.17. The summed E-state index contributed by atoms with van der Waals surface area (Å²) in [6.07, 6.45) is 1.76. The van der Waals surface area contributed by atoms with E-state index in [-0.39, 0.29) is 24.3 Å². The molecule has 0 aliphatic carbocycles. The fourth-order valence-corrected chi connectivity index (χ4v) is 5.01. The highest BCUT2D eigenvalue weighted by atomic mass is 19.1. The quantitative estimate of drug-likeness (QED) is 0.174. The fraction of sp³-hybridized carbons (Fsp3) is 0.312. The lowest BCUT2D eigenvalue weighted by Gasteiger charge is -2.18. The molecule has 0 spiro atoms. The topological polar surface area (TPSA) is 127 Å². The van der Waals surface area contributed by atoms with E-state index in [0.717, 1.165) is 5.69 Å². The smallest absolute Gasteiger partial charge is 0.316 e. The molecule has 218 valence electrons. The van der Waals surface area contributed by atoms with Crippen molar-refractivity contribution in [1.82, 2.24) is 14.5 Å². The zero-order valence-corrected chi connectivity index (χ0v) is 23.7. The third kappa shape index (κ3) is 7.11. The Hall–Kier alpha value is -4.75. The molecule has 2 aromatic carbocycles. The average molecular weight is 573 g/mol. The van der Waals surface area contributed by atoms with E-state index in [1.54, 1.807) is 42.6 Å². The normalized spacial score (nSPS) is 11.7. The Morgan fingerprint density at radius 2 is 1.88 bits per heavy atom. The van der Waals surface area contributed by atoms with Crippen LogP contribution in [0.5, 0.6) is 6.01 Å². The van der Waals surface area contributed by atoms with Crippen LogP contribution in [0.1, 0.15) is 61.5 Å². The number of anilines is 1. The number of hydrogen-bond acceptors (Lipinski definition) is 6. The second-order valence-electron chi connectivity index (χ2n) is 10.1. The monoisotopic (exact) mass is 572 g/mol. The predicted octanol–water partition coefficient (Wildman–Crippen LogP) is 5.74. The summed E-state index contributed by atoms with van der Waals surface area (Å²) in [5.41, 5.74) is 4.05. The number of carbonyl (C=O) groups is 2. The number of rotatable bonds is 13. The number of aliphatic hydroxyl groups excluding tert-OH is 1. The summed E-state index contributed by atoms with van der Waals surface area (Å²) in [7, 11) is 1.46. The number of amides is 1. The highest BCUT2D eigenvalue weighted by molar-refractivity contribution is 6.12. The number of carbonyl (C=O) groups excluding carboxylic acids is 1. The number of benzene rings is 1. The van der Waals surface area contributed by atoms with Gasteiger partial charge in [0.15, 0.2) is 0 Å². The van der Waals surface area contributed by atoms with Crippen LogP contribution in [-0.2, 0) is 11.3 Å². The van der Waals surface area contributed by atoms with E-state index in [2.05, 4.69) is 27.4 Å². The Morgan fingerprint density at radius 3 is 2.52 bits per heavy atom. The Kier molecular flexibility index (Phi) is 9.89. The van der Waals surface area contributed by atoms with Crippen LogP contribution in [0.3, 0.4) is 0 Å². The minimum absolute atomic E-state index is 0.115. The Balaban J connectivity index is 1.91. The lowest BCUT2D eigenvalue weighted by molar-refractivity contribution is -0.139. The summed E-state index contributed by atoms with van der Waals surface area (Å²) in [6.45, 7) is 4.43. The van der Waals surface area contributed by atoms with Crippen LogP contribution >= 0.6 is 0 Å². The minimum Gasteiger partial charge on any atom is -0.481 e.